The Labute approximate surface area is 161 Å². The summed E-state index contributed by atoms with van der Waals surface area (Å²) in [6, 6.07) is 13.0. The summed E-state index contributed by atoms with van der Waals surface area (Å²) >= 11 is 0. The number of benzene rings is 2. The Hall–Kier alpha value is -2.83. The van der Waals surface area contributed by atoms with Crippen LogP contribution in [0.5, 0.6) is 0 Å². The van der Waals surface area contributed by atoms with E-state index in [1.807, 2.05) is 24.3 Å². The van der Waals surface area contributed by atoms with Crippen molar-refractivity contribution in [3.63, 3.8) is 0 Å². The zero-order valence-electron chi connectivity index (χ0n) is 15.3. The van der Waals surface area contributed by atoms with Crippen molar-refractivity contribution in [1.82, 2.24) is 9.97 Å². The molecule has 0 aliphatic heterocycles. The van der Waals surface area contributed by atoms with Crippen LogP contribution < -0.4 is 10.6 Å². The van der Waals surface area contributed by atoms with E-state index in [2.05, 4.69) is 20.6 Å². The molecule has 0 saturated heterocycles. The second-order valence-corrected chi connectivity index (χ2v) is 7.10. The molecule has 3 aromatic rings. The van der Waals surface area contributed by atoms with E-state index in [0.29, 0.717) is 17.5 Å². The molecule has 4 rings (SSSR count). The van der Waals surface area contributed by atoms with Gasteiger partial charge in [-0.1, -0.05) is 37.5 Å². The molecule has 0 unspecified atom stereocenters. The minimum atomic E-state index is -4.39. The molecule has 7 heteroatoms. The van der Waals surface area contributed by atoms with Gasteiger partial charge >= 0.3 is 6.18 Å². The van der Waals surface area contributed by atoms with Crippen molar-refractivity contribution in [2.24, 2.45) is 0 Å². The number of alkyl halides is 3. The lowest BCUT2D eigenvalue weighted by molar-refractivity contribution is -0.137. The first-order valence-electron chi connectivity index (χ1n) is 9.47. The summed E-state index contributed by atoms with van der Waals surface area (Å²) in [4.78, 5) is 9.04. The number of fused-ring (bicyclic) bond motifs is 1. The number of hydrogen-bond donors (Lipinski definition) is 2. The molecule has 2 N–H and O–H groups in total. The maximum absolute atomic E-state index is 13.0. The van der Waals surface area contributed by atoms with Crippen molar-refractivity contribution < 1.29 is 13.2 Å². The first-order valence-corrected chi connectivity index (χ1v) is 9.47. The van der Waals surface area contributed by atoms with Crippen molar-refractivity contribution in [2.75, 3.05) is 10.6 Å². The number of para-hydroxylation sites is 1. The third kappa shape index (κ3) is 4.18. The smallest absolute Gasteiger partial charge is 0.367 e. The zero-order valence-corrected chi connectivity index (χ0v) is 15.3. The van der Waals surface area contributed by atoms with E-state index in [-0.39, 0.29) is 5.95 Å². The summed E-state index contributed by atoms with van der Waals surface area (Å²) in [6.45, 7) is 0. The van der Waals surface area contributed by atoms with Gasteiger partial charge in [0.25, 0.3) is 0 Å². The first kappa shape index (κ1) is 18.5. The number of hydrogen-bond acceptors (Lipinski definition) is 4. The zero-order chi connectivity index (χ0) is 19.6. The summed E-state index contributed by atoms with van der Waals surface area (Å²) < 4.78 is 38.9. The third-order valence-corrected chi connectivity index (χ3v) is 5.00. The van der Waals surface area contributed by atoms with Crippen LogP contribution in [-0.2, 0) is 6.18 Å². The Balaban J connectivity index is 1.66. The maximum atomic E-state index is 13.0. The van der Waals surface area contributed by atoms with Crippen LogP contribution in [0.1, 0.15) is 37.7 Å². The maximum Gasteiger partial charge on any atom is 0.416 e. The number of anilines is 3. The predicted octanol–water partition coefficient (Wildman–Crippen LogP) is 6.14. The van der Waals surface area contributed by atoms with E-state index in [0.717, 1.165) is 35.9 Å². The minimum Gasteiger partial charge on any atom is -0.367 e. The van der Waals surface area contributed by atoms with E-state index in [1.165, 1.54) is 25.3 Å². The SMILES string of the molecule is FC(F)(F)c1cccc(Nc2nc(NC3CCCCC3)c3ccccc3n2)c1. The highest BCUT2D eigenvalue weighted by Gasteiger charge is 2.30. The van der Waals surface area contributed by atoms with Crippen molar-refractivity contribution in [1.29, 1.82) is 0 Å². The van der Waals surface area contributed by atoms with Gasteiger partial charge < -0.3 is 10.6 Å². The molecule has 146 valence electrons. The van der Waals surface area contributed by atoms with Gasteiger partial charge in [0.1, 0.15) is 5.82 Å². The lowest BCUT2D eigenvalue weighted by Gasteiger charge is -2.24. The van der Waals surface area contributed by atoms with E-state index in [1.54, 1.807) is 6.07 Å². The van der Waals surface area contributed by atoms with Gasteiger partial charge in [-0.25, -0.2) is 4.98 Å². The monoisotopic (exact) mass is 386 g/mol. The molecule has 1 fully saturated rings. The Morgan fingerprint density at radius 2 is 1.68 bits per heavy atom. The van der Waals surface area contributed by atoms with Crippen molar-refractivity contribution in [3.05, 3.63) is 54.1 Å². The molecule has 0 radical (unpaired) electrons. The highest BCUT2D eigenvalue weighted by Crippen LogP contribution is 2.32. The molecule has 1 saturated carbocycles. The fraction of sp³-hybridized carbons (Fsp3) is 0.333. The number of aromatic nitrogens is 2. The molecule has 1 aliphatic rings. The summed E-state index contributed by atoms with van der Waals surface area (Å²) in [5.41, 5.74) is 0.331. The van der Waals surface area contributed by atoms with Gasteiger partial charge in [-0.15, -0.1) is 0 Å². The van der Waals surface area contributed by atoms with Crippen molar-refractivity contribution in [2.45, 2.75) is 44.3 Å². The number of halogens is 3. The quantitative estimate of drug-likeness (QED) is 0.566. The van der Waals surface area contributed by atoms with E-state index in [9.17, 15) is 13.2 Å². The summed E-state index contributed by atoms with van der Waals surface area (Å²) in [5, 5.41) is 7.34. The molecule has 0 atom stereocenters. The summed E-state index contributed by atoms with van der Waals surface area (Å²) in [6.07, 6.45) is 1.43. The Bertz CT molecular complexity index is 965. The molecule has 0 amide bonds. The predicted molar refractivity (Wildman–Crippen MR) is 105 cm³/mol. The molecule has 0 spiro atoms. The summed E-state index contributed by atoms with van der Waals surface area (Å²) in [7, 11) is 0. The van der Waals surface area contributed by atoms with Crippen LogP contribution in [0, 0.1) is 0 Å². The highest BCUT2D eigenvalue weighted by atomic mass is 19.4. The molecule has 1 heterocycles. The van der Waals surface area contributed by atoms with Gasteiger partial charge in [0, 0.05) is 17.1 Å². The van der Waals surface area contributed by atoms with E-state index < -0.39 is 11.7 Å². The van der Waals surface area contributed by atoms with Crippen molar-refractivity contribution in [3.8, 4) is 0 Å². The second kappa shape index (κ2) is 7.66. The Morgan fingerprint density at radius 1 is 0.893 bits per heavy atom. The normalized spacial score (nSPS) is 15.5. The molecule has 1 aromatic heterocycles. The van der Waals surface area contributed by atoms with Gasteiger partial charge in [-0.3, -0.25) is 0 Å². The molecular weight excluding hydrogens is 365 g/mol. The first-order chi connectivity index (χ1) is 13.5. The number of rotatable bonds is 4. The highest BCUT2D eigenvalue weighted by molar-refractivity contribution is 5.90. The second-order valence-electron chi connectivity index (χ2n) is 7.10. The Morgan fingerprint density at radius 3 is 2.46 bits per heavy atom. The molecule has 28 heavy (non-hydrogen) atoms. The average Bonchev–Trinajstić information content (AvgIpc) is 2.68. The molecular formula is C21H21F3N4. The van der Waals surface area contributed by atoms with Crippen LogP contribution >= 0.6 is 0 Å². The van der Waals surface area contributed by atoms with Gasteiger partial charge in [-0.05, 0) is 43.2 Å². The van der Waals surface area contributed by atoms with Crippen LogP contribution in [0.4, 0.5) is 30.6 Å². The fourth-order valence-corrected chi connectivity index (χ4v) is 3.59. The van der Waals surface area contributed by atoms with Crippen molar-refractivity contribution >= 4 is 28.4 Å². The van der Waals surface area contributed by atoms with Crippen LogP contribution in [-0.4, -0.2) is 16.0 Å². The largest absolute Gasteiger partial charge is 0.416 e. The lowest BCUT2D eigenvalue weighted by atomic mass is 9.95. The number of nitrogens with one attached hydrogen (secondary N) is 2. The van der Waals surface area contributed by atoms with Gasteiger partial charge in [0.2, 0.25) is 5.95 Å². The van der Waals surface area contributed by atoms with E-state index in [4.69, 9.17) is 0 Å². The molecule has 2 aromatic carbocycles. The van der Waals surface area contributed by atoms with Crippen LogP contribution in [0.15, 0.2) is 48.5 Å². The average molecular weight is 386 g/mol. The van der Waals surface area contributed by atoms with Gasteiger partial charge in [-0.2, -0.15) is 18.2 Å². The van der Waals surface area contributed by atoms with Gasteiger partial charge in [0.05, 0.1) is 11.1 Å². The molecule has 1 aliphatic carbocycles. The van der Waals surface area contributed by atoms with E-state index >= 15 is 0 Å². The van der Waals surface area contributed by atoms with Gasteiger partial charge in [0.15, 0.2) is 0 Å². The topological polar surface area (TPSA) is 49.8 Å². The number of nitrogens with zero attached hydrogens (tertiary/aromatic N) is 2. The lowest BCUT2D eigenvalue weighted by Crippen LogP contribution is -2.23. The van der Waals surface area contributed by atoms with Crippen LogP contribution in [0.3, 0.4) is 0 Å². The molecule has 4 nitrogen and oxygen atoms in total. The van der Waals surface area contributed by atoms with Crippen LogP contribution in [0.25, 0.3) is 10.9 Å². The Kier molecular flexibility index (Phi) is 5.07. The molecule has 0 bridgehead atoms. The minimum absolute atomic E-state index is 0.274. The fourth-order valence-electron chi connectivity index (χ4n) is 3.59. The standard InChI is InChI=1S/C21H21F3N4/c22-21(23,24)14-7-6-10-16(13-14)26-20-27-18-12-5-4-11-17(18)19(28-20)25-15-8-2-1-3-9-15/h4-7,10-13,15H,1-3,8-9H2,(H2,25,26,27,28). The third-order valence-electron chi connectivity index (χ3n) is 5.00. The van der Waals surface area contributed by atoms with Crippen LogP contribution in [0.2, 0.25) is 0 Å². The summed E-state index contributed by atoms with van der Waals surface area (Å²) in [5.74, 6) is 0.989.